The van der Waals surface area contributed by atoms with Crippen LogP contribution in [0.4, 0.5) is 0 Å². The number of aliphatic hydroxyl groups is 1. The number of aliphatic hydroxyl groups excluding tert-OH is 1. The lowest BCUT2D eigenvalue weighted by Crippen LogP contribution is -2.03. The average Bonchev–Trinajstić information content (AvgIpc) is 2.16. The summed E-state index contributed by atoms with van der Waals surface area (Å²) in [4.78, 5) is 3.94. The Balaban J connectivity index is 3.14. The molecule has 0 saturated carbocycles. The second kappa shape index (κ2) is 4.79. The lowest BCUT2D eigenvalue weighted by Gasteiger charge is -2.12. The minimum Gasteiger partial charge on any atom is -0.481 e. The molecule has 1 rings (SSSR count). The molecule has 1 heterocycles. The van der Waals surface area contributed by atoms with Crippen LogP contribution >= 0.6 is 27.5 Å². The molecule has 72 valence electrons. The van der Waals surface area contributed by atoms with E-state index in [1.807, 2.05) is 0 Å². The second-order valence-electron chi connectivity index (χ2n) is 2.39. The highest BCUT2D eigenvalue weighted by atomic mass is 79.9. The summed E-state index contributed by atoms with van der Waals surface area (Å²) in [6, 6.07) is 1.62. The van der Waals surface area contributed by atoms with Crippen LogP contribution in [0.5, 0.6) is 5.88 Å². The Labute approximate surface area is 89.8 Å². The fourth-order valence-electron chi connectivity index (χ4n) is 0.973. The van der Waals surface area contributed by atoms with Crippen LogP contribution in [0, 0.1) is 0 Å². The summed E-state index contributed by atoms with van der Waals surface area (Å²) < 4.78 is 4.97. The fraction of sp³-hybridized carbons (Fsp3) is 0.375. The van der Waals surface area contributed by atoms with Crippen molar-refractivity contribution in [3.63, 3.8) is 0 Å². The monoisotopic (exact) mass is 265 g/mol. The molecule has 13 heavy (non-hydrogen) atoms. The molecule has 0 spiro atoms. The first kappa shape index (κ1) is 10.8. The number of hydrogen-bond donors (Lipinski definition) is 1. The van der Waals surface area contributed by atoms with Crippen LogP contribution in [0.15, 0.2) is 12.3 Å². The van der Waals surface area contributed by atoms with Gasteiger partial charge in [0.1, 0.15) is 0 Å². The molecular weight excluding hydrogens is 257 g/mol. The zero-order valence-electron chi connectivity index (χ0n) is 7.00. The predicted octanol–water partition coefficient (Wildman–Crippen LogP) is 2.17. The highest BCUT2D eigenvalue weighted by Gasteiger charge is 2.16. The molecule has 0 aliphatic heterocycles. The first-order chi connectivity index (χ1) is 6.20. The largest absolute Gasteiger partial charge is 0.481 e. The molecule has 0 aliphatic carbocycles. The minimum atomic E-state index is -0.698. The van der Waals surface area contributed by atoms with E-state index in [1.54, 1.807) is 6.07 Å². The van der Waals surface area contributed by atoms with Crippen LogP contribution in [0.25, 0.3) is 0 Å². The molecule has 0 saturated heterocycles. The van der Waals surface area contributed by atoms with E-state index < -0.39 is 6.10 Å². The van der Waals surface area contributed by atoms with Gasteiger partial charge in [-0.05, 0) is 6.07 Å². The summed E-state index contributed by atoms with van der Waals surface area (Å²) in [5, 5.41) is 10.4. The van der Waals surface area contributed by atoms with Crippen molar-refractivity contribution in [2.75, 3.05) is 12.4 Å². The van der Waals surface area contributed by atoms with Crippen molar-refractivity contribution in [3.05, 3.63) is 22.8 Å². The zero-order valence-corrected chi connectivity index (χ0v) is 9.34. The molecule has 0 radical (unpaired) electrons. The minimum absolute atomic E-state index is 0.361. The third kappa shape index (κ3) is 2.33. The first-order valence-corrected chi connectivity index (χ1v) is 5.13. The molecule has 0 fully saturated rings. The topological polar surface area (TPSA) is 42.4 Å². The Kier molecular flexibility index (Phi) is 3.96. The Morgan fingerprint density at radius 2 is 2.46 bits per heavy atom. The molecule has 1 N–H and O–H groups in total. The molecular formula is C8H9BrClNO2. The lowest BCUT2D eigenvalue weighted by molar-refractivity contribution is 0.199. The van der Waals surface area contributed by atoms with Crippen molar-refractivity contribution < 1.29 is 9.84 Å². The van der Waals surface area contributed by atoms with Gasteiger partial charge in [0, 0.05) is 11.5 Å². The lowest BCUT2D eigenvalue weighted by atomic mass is 10.2. The van der Waals surface area contributed by atoms with Crippen molar-refractivity contribution in [2.24, 2.45) is 0 Å². The predicted molar refractivity (Wildman–Crippen MR) is 54.6 cm³/mol. The third-order valence-electron chi connectivity index (χ3n) is 1.57. The van der Waals surface area contributed by atoms with Gasteiger partial charge in [0.05, 0.1) is 23.8 Å². The summed E-state index contributed by atoms with van der Waals surface area (Å²) >= 11 is 9.04. The molecule has 1 atom stereocenters. The number of ether oxygens (including phenoxy) is 1. The Hall–Kier alpha value is -0.320. The van der Waals surface area contributed by atoms with Crippen LogP contribution in [0.3, 0.4) is 0 Å². The quantitative estimate of drug-likeness (QED) is 0.853. The zero-order chi connectivity index (χ0) is 9.84. The summed E-state index contributed by atoms with van der Waals surface area (Å²) in [5.41, 5.74) is 0.517. The Bertz CT molecular complexity index is 295. The highest BCUT2D eigenvalue weighted by Crippen LogP contribution is 2.30. The SMILES string of the molecule is COc1nccc(Cl)c1C(O)CBr. The first-order valence-electron chi connectivity index (χ1n) is 3.63. The van der Waals surface area contributed by atoms with Gasteiger partial charge in [0.15, 0.2) is 0 Å². The van der Waals surface area contributed by atoms with Gasteiger partial charge in [0.2, 0.25) is 5.88 Å². The number of aromatic nitrogens is 1. The van der Waals surface area contributed by atoms with E-state index in [-0.39, 0.29) is 0 Å². The summed E-state index contributed by atoms with van der Waals surface area (Å²) in [5.74, 6) is 0.361. The van der Waals surface area contributed by atoms with Crippen molar-refractivity contribution in [1.82, 2.24) is 4.98 Å². The van der Waals surface area contributed by atoms with Crippen LogP contribution in [0.1, 0.15) is 11.7 Å². The Morgan fingerprint density at radius 1 is 1.77 bits per heavy atom. The molecule has 1 aromatic heterocycles. The average molecular weight is 267 g/mol. The number of alkyl halides is 1. The van der Waals surface area contributed by atoms with E-state index in [2.05, 4.69) is 20.9 Å². The van der Waals surface area contributed by atoms with E-state index in [1.165, 1.54) is 13.3 Å². The smallest absolute Gasteiger partial charge is 0.220 e. The number of methoxy groups -OCH3 is 1. The van der Waals surface area contributed by atoms with Gasteiger partial charge in [-0.2, -0.15) is 0 Å². The van der Waals surface area contributed by atoms with Crippen LogP contribution < -0.4 is 4.74 Å². The standard InChI is InChI=1S/C8H9BrClNO2/c1-13-8-7(6(12)4-9)5(10)2-3-11-8/h2-3,6,12H,4H2,1H3. The van der Waals surface area contributed by atoms with Gasteiger partial charge in [-0.15, -0.1) is 0 Å². The molecule has 5 heteroatoms. The fourth-order valence-corrected chi connectivity index (χ4v) is 1.56. The third-order valence-corrected chi connectivity index (χ3v) is 2.52. The second-order valence-corrected chi connectivity index (χ2v) is 3.44. The van der Waals surface area contributed by atoms with E-state index in [0.717, 1.165) is 0 Å². The molecule has 1 unspecified atom stereocenters. The maximum Gasteiger partial charge on any atom is 0.220 e. The maximum atomic E-state index is 9.57. The van der Waals surface area contributed by atoms with Crippen LogP contribution in [0.2, 0.25) is 5.02 Å². The van der Waals surface area contributed by atoms with Gasteiger partial charge in [-0.25, -0.2) is 4.98 Å². The molecule has 0 bridgehead atoms. The van der Waals surface area contributed by atoms with E-state index >= 15 is 0 Å². The van der Waals surface area contributed by atoms with E-state index in [9.17, 15) is 5.11 Å². The number of hydrogen-bond acceptors (Lipinski definition) is 3. The summed E-state index contributed by atoms with van der Waals surface area (Å²) in [7, 11) is 1.49. The summed E-state index contributed by atoms with van der Waals surface area (Å²) in [6.45, 7) is 0. The molecule has 0 aliphatic rings. The van der Waals surface area contributed by atoms with Crippen LogP contribution in [-0.2, 0) is 0 Å². The van der Waals surface area contributed by atoms with Crippen molar-refractivity contribution in [3.8, 4) is 5.88 Å². The van der Waals surface area contributed by atoms with Gasteiger partial charge in [0.25, 0.3) is 0 Å². The van der Waals surface area contributed by atoms with Gasteiger partial charge >= 0.3 is 0 Å². The van der Waals surface area contributed by atoms with Gasteiger partial charge < -0.3 is 9.84 Å². The normalized spacial score (nSPS) is 12.6. The molecule has 1 aromatic rings. The van der Waals surface area contributed by atoms with Crippen LogP contribution in [-0.4, -0.2) is 22.5 Å². The van der Waals surface area contributed by atoms with Crippen molar-refractivity contribution >= 4 is 27.5 Å². The number of halogens is 2. The van der Waals surface area contributed by atoms with E-state index in [0.29, 0.717) is 21.8 Å². The molecule has 0 aromatic carbocycles. The molecule has 0 amide bonds. The van der Waals surface area contributed by atoms with E-state index in [4.69, 9.17) is 16.3 Å². The number of rotatable bonds is 3. The highest BCUT2D eigenvalue weighted by molar-refractivity contribution is 9.09. The molecule has 3 nitrogen and oxygen atoms in total. The van der Waals surface area contributed by atoms with Gasteiger partial charge in [-0.3, -0.25) is 0 Å². The van der Waals surface area contributed by atoms with Crippen molar-refractivity contribution in [1.29, 1.82) is 0 Å². The number of pyridine rings is 1. The Morgan fingerprint density at radius 3 is 3.00 bits per heavy atom. The maximum absolute atomic E-state index is 9.57. The summed E-state index contributed by atoms with van der Waals surface area (Å²) in [6.07, 6.45) is 0.835. The number of nitrogens with zero attached hydrogens (tertiary/aromatic N) is 1. The van der Waals surface area contributed by atoms with Crippen molar-refractivity contribution in [2.45, 2.75) is 6.10 Å². The van der Waals surface area contributed by atoms with Gasteiger partial charge in [-0.1, -0.05) is 27.5 Å².